The first-order valence-corrected chi connectivity index (χ1v) is 7.11. The van der Waals surface area contributed by atoms with Gasteiger partial charge in [-0.2, -0.15) is 0 Å². The molecular weight excluding hydrogens is 230 g/mol. The summed E-state index contributed by atoms with van der Waals surface area (Å²) in [5, 5.41) is 2.93. The summed E-state index contributed by atoms with van der Waals surface area (Å²) in [5.41, 5.74) is 1.27. The fraction of sp³-hybridized carbons (Fsp3) is 0.500. The van der Waals surface area contributed by atoms with Gasteiger partial charge in [-0.3, -0.25) is 4.79 Å². The molecule has 0 radical (unpaired) electrons. The van der Waals surface area contributed by atoms with Gasteiger partial charge < -0.3 is 5.32 Å². The van der Waals surface area contributed by atoms with Crippen molar-refractivity contribution in [2.75, 3.05) is 12.3 Å². The van der Waals surface area contributed by atoms with Gasteiger partial charge in [-0.1, -0.05) is 32.9 Å². The van der Waals surface area contributed by atoms with E-state index in [1.807, 2.05) is 25.6 Å². The molecule has 0 heterocycles. The monoisotopic (exact) mass is 251 g/mol. The SMILES string of the molecule is CCSc1ccc(CCNC(=O)C(C)C)cc1. The van der Waals surface area contributed by atoms with Crippen molar-refractivity contribution < 1.29 is 4.79 Å². The van der Waals surface area contributed by atoms with Gasteiger partial charge in [-0.25, -0.2) is 0 Å². The van der Waals surface area contributed by atoms with Crippen LogP contribution >= 0.6 is 11.8 Å². The van der Waals surface area contributed by atoms with Crippen LogP contribution in [0.2, 0.25) is 0 Å². The third kappa shape index (κ3) is 5.26. The molecule has 0 aliphatic rings. The highest BCUT2D eigenvalue weighted by atomic mass is 32.2. The summed E-state index contributed by atoms with van der Waals surface area (Å²) < 4.78 is 0. The van der Waals surface area contributed by atoms with Crippen LogP contribution < -0.4 is 5.32 Å². The van der Waals surface area contributed by atoms with Crippen molar-refractivity contribution in [3.63, 3.8) is 0 Å². The molecule has 0 saturated heterocycles. The number of hydrogen-bond acceptors (Lipinski definition) is 2. The van der Waals surface area contributed by atoms with Crippen LogP contribution in [0.4, 0.5) is 0 Å². The smallest absolute Gasteiger partial charge is 0.222 e. The van der Waals surface area contributed by atoms with E-state index < -0.39 is 0 Å². The topological polar surface area (TPSA) is 29.1 Å². The second-order valence-electron chi connectivity index (χ2n) is 4.27. The lowest BCUT2D eigenvalue weighted by Crippen LogP contribution is -2.29. The summed E-state index contributed by atoms with van der Waals surface area (Å²) in [5.74, 6) is 1.30. The van der Waals surface area contributed by atoms with Crippen LogP contribution in [0.25, 0.3) is 0 Å². The highest BCUT2D eigenvalue weighted by Gasteiger charge is 2.05. The second kappa shape index (κ2) is 7.38. The van der Waals surface area contributed by atoms with Crippen LogP contribution in [0.3, 0.4) is 0 Å². The Morgan fingerprint density at radius 3 is 2.47 bits per heavy atom. The van der Waals surface area contributed by atoms with Crippen LogP contribution in [0, 0.1) is 5.92 Å². The van der Waals surface area contributed by atoms with E-state index in [0.717, 1.165) is 18.7 Å². The standard InChI is InChI=1S/C14H21NOS/c1-4-17-13-7-5-12(6-8-13)9-10-15-14(16)11(2)3/h5-8,11H,4,9-10H2,1-3H3,(H,15,16). The first-order valence-electron chi connectivity index (χ1n) is 6.13. The van der Waals surface area contributed by atoms with E-state index in [1.54, 1.807) is 0 Å². The lowest BCUT2D eigenvalue weighted by Gasteiger charge is -2.07. The normalized spacial score (nSPS) is 10.6. The number of amides is 1. The minimum atomic E-state index is 0.0679. The zero-order valence-corrected chi connectivity index (χ0v) is 11.6. The molecule has 0 fully saturated rings. The van der Waals surface area contributed by atoms with Gasteiger partial charge in [-0.15, -0.1) is 11.8 Å². The van der Waals surface area contributed by atoms with Crippen LogP contribution in [0.15, 0.2) is 29.2 Å². The predicted octanol–water partition coefficient (Wildman–Crippen LogP) is 3.11. The van der Waals surface area contributed by atoms with Gasteiger partial charge in [-0.05, 0) is 29.9 Å². The largest absolute Gasteiger partial charge is 0.356 e. The zero-order chi connectivity index (χ0) is 12.7. The summed E-state index contributed by atoms with van der Waals surface area (Å²) in [4.78, 5) is 12.7. The van der Waals surface area contributed by atoms with Crippen molar-refractivity contribution in [3.05, 3.63) is 29.8 Å². The van der Waals surface area contributed by atoms with E-state index in [9.17, 15) is 4.79 Å². The maximum Gasteiger partial charge on any atom is 0.222 e. The van der Waals surface area contributed by atoms with Gasteiger partial charge >= 0.3 is 0 Å². The average molecular weight is 251 g/mol. The summed E-state index contributed by atoms with van der Waals surface area (Å²) in [7, 11) is 0. The van der Waals surface area contributed by atoms with E-state index >= 15 is 0 Å². The number of thioether (sulfide) groups is 1. The Hall–Kier alpha value is -0.960. The zero-order valence-electron chi connectivity index (χ0n) is 10.8. The molecule has 2 nitrogen and oxygen atoms in total. The Labute approximate surface area is 108 Å². The molecule has 0 saturated carbocycles. The maximum atomic E-state index is 11.4. The summed E-state index contributed by atoms with van der Waals surface area (Å²) in [6.45, 7) is 6.69. The van der Waals surface area contributed by atoms with Crippen molar-refractivity contribution in [1.29, 1.82) is 0 Å². The van der Waals surface area contributed by atoms with Crippen LogP contribution in [-0.4, -0.2) is 18.2 Å². The quantitative estimate of drug-likeness (QED) is 0.787. The van der Waals surface area contributed by atoms with Gasteiger partial charge in [0.15, 0.2) is 0 Å². The van der Waals surface area contributed by atoms with Crippen LogP contribution in [-0.2, 0) is 11.2 Å². The number of nitrogens with one attached hydrogen (secondary N) is 1. The summed E-state index contributed by atoms with van der Waals surface area (Å²) in [6.07, 6.45) is 0.898. The minimum Gasteiger partial charge on any atom is -0.356 e. The fourth-order valence-electron chi connectivity index (χ4n) is 1.45. The molecule has 0 unspecified atom stereocenters. The first kappa shape index (κ1) is 14.1. The van der Waals surface area contributed by atoms with Crippen molar-refractivity contribution in [2.45, 2.75) is 32.1 Å². The molecule has 1 amide bonds. The third-order valence-electron chi connectivity index (χ3n) is 2.47. The molecule has 1 rings (SSSR count). The molecule has 1 aromatic rings. The van der Waals surface area contributed by atoms with E-state index in [1.165, 1.54) is 10.5 Å². The van der Waals surface area contributed by atoms with E-state index in [2.05, 4.69) is 36.5 Å². The lowest BCUT2D eigenvalue weighted by molar-refractivity contribution is -0.123. The fourth-order valence-corrected chi connectivity index (χ4v) is 2.12. The number of benzene rings is 1. The molecule has 0 atom stereocenters. The van der Waals surface area contributed by atoms with Crippen LogP contribution in [0.5, 0.6) is 0 Å². The average Bonchev–Trinajstić information content (AvgIpc) is 2.31. The highest BCUT2D eigenvalue weighted by Crippen LogP contribution is 2.17. The Morgan fingerprint density at radius 2 is 1.94 bits per heavy atom. The van der Waals surface area contributed by atoms with Gasteiger partial charge in [0, 0.05) is 17.4 Å². The van der Waals surface area contributed by atoms with Crippen LogP contribution in [0.1, 0.15) is 26.3 Å². The minimum absolute atomic E-state index is 0.0679. The molecule has 0 aromatic heterocycles. The van der Waals surface area contributed by atoms with Crippen molar-refractivity contribution in [3.8, 4) is 0 Å². The summed E-state index contributed by atoms with van der Waals surface area (Å²) in [6, 6.07) is 8.57. The molecule has 94 valence electrons. The van der Waals surface area contributed by atoms with Gasteiger partial charge in [0.1, 0.15) is 0 Å². The Balaban J connectivity index is 2.34. The Kier molecular flexibility index (Phi) is 6.12. The third-order valence-corrected chi connectivity index (χ3v) is 3.37. The molecule has 3 heteroatoms. The Bertz CT molecular complexity index is 346. The molecule has 0 aliphatic carbocycles. The van der Waals surface area contributed by atoms with Crippen molar-refractivity contribution >= 4 is 17.7 Å². The van der Waals surface area contributed by atoms with E-state index in [-0.39, 0.29) is 11.8 Å². The van der Waals surface area contributed by atoms with E-state index in [0.29, 0.717) is 0 Å². The molecule has 0 bridgehead atoms. The van der Waals surface area contributed by atoms with Gasteiger partial charge in [0.2, 0.25) is 5.91 Å². The molecular formula is C14H21NOS. The first-order chi connectivity index (χ1) is 8.13. The molecule has 1 N–H and O–H groups in total. The van der Waals surface area contributed by atoms with Crippen molar-refractivity contribution in [2.24, 2.45) is 5.92 Å². The predicted molar refractivity (Wildman–Crippen MR) is 74.4 cm³/mol. The highest BCUT2D eigenvalue weighted by molar-refractivity contribution is 7.99. The summed E-state index contributed by atoms with van der Waals surface area (Å²) >= 11 is 1.85. The lowest BCUT2D eigenvalue weighted by atomic mass is 10.1. The molecule has 17 heavy (non-hydrogen) atoms. The van der Waals surface area contributed by atoms with Crippen molar-refractivity contribution in [1.82, 2.24) is 5.32 Å². The maximum absolute atomic E-state index is 11.4. The number of rotatable bonds is 6. The van der Waals surface area contributed by atoms with Gasteiger partial charge in [0.05, 0.1) is 0 Å². The molecule has 1 aromatic carbocycles. The van der Waals surface area contributed by atoms with E-state index in [4.69, 9.17) is 0 Å². The number of carbonyl (C=O) groups is 1. The molecule has 0 spiro atoms. The second-order valence-corrected chi connectivity index (χ2v) is 5.61. The van der Waals surface area contributed by atoms with Gasteiger partial charge in [0.25, 0.3) is 0 Å². The number of hydrogen-bond donors (Lipinski definition) is 1. The number of carbonyl (C=O) groups excluding carboxylic acids is 1. The Morgan fingerprint density at radius 1 is 1.29 bits per heavy atom. The molecule has 0 aliphatic heterocycles.